The summed E-state index contributed by atoms with van der Waals surface area (Å²) in [5, 5.41) is 5.51. The van der Waals surface area contributed by atoms with E-state index in [1.807, 2.05) is 6.07 Å². The monoisotopic (exact) mass is 234 g/mol. The van der Waals surface area contributed by atoms with E-state index in [1.54, 1.807) is 0 Å². The van der Waals surface area contributed by atoms with Crippen molar-refractivity contribution in [3.05, 3.63) is 35.0 Å². The van der Waals surface area contributed by atoms with Gasteiger partial charge in [0.15, 0.2) is 0 Å². The Bertz CT molecular complexity index is 498. The van der Waals surface area contributed by atoms with Gasteiger partial charge in [0, 0.05) is 22.1 Å². The molecule has 0 bridgehead atoms. The molecule has 1 aliphatic heterocycles. The molecule has 3 heteroatoms. The van der Waals surface area contributed by atoms with Crippen LogP contribution in [0.1, 0.15) is 24.3 Å². The summed E-state index contributed by atoms with van der Waals surface area (Å²) < 4.78 is 0. The molecule has 0 unspecified atom stereocenters. The van der Waals surface area contributed by atoms with Crippen molar-refractivity contribution in [3.63, 3.8) is 0 Å². The normalized spacial score (nSPS) is 18.1. The zero-order chi connectivity index (χ0) is 11.0. The van der Waals surface area contributed by atoms with E-state index in [2.05, 4.69) is 28.6 Å². The van der Waals surface area contributed by atoms with Gasteiger partial charge in [0.1, 0.15) is 0 Å². The van der Waals surface area contributed by atoms with Crippen molar-refractivity contribution in [2.75, 3.05) is 13.1 Å². The van der Waals surface area contributed by atoms with Gasteiger partial charge >= 0.3 is 0 Å². The number of rotatable bonds is 1. The van der Waals surface area contributed by atoms with Gasteiger partial charge in [-0.05, 0) is 55.6 Å². The highest BCUT2D eigenvalue weighted by Crippen LogP contribution is 2.32. The van der Waals surface area contributed by atoms with Gasteiger partial charge in [0.2, 0.25) is 0 Å². The second-order valence-corrected chi connectivity index (χ2v) is 4.89. The van der Waals surface area contributed by atoms with Crippen LogP contribution in [0.2, 0.25) is 5.02 Å². The number of H-pyrrole nitrogens is 1. The van der Waals surface area contributed by atoms with Crippen LogP contribution in [0.4, 0.5) is 0 Å². The first-order valence-electron chi connectivity index (χ1n) is 5.82. The first-order chi connectivity index (χ1) is 7.84. The number of halogens is 1. The van der Waals surface area contributed by atoms with Crippen molar-refractivity contribution in [1.82, 2.24) is 10.3 Å². The van der Waals surface area contributed by atoms with Gasteiger partial charge < -0.3 is 10.3 Å². The van der Waals surface area contributed by atoms with Crippen molar-refractivity contribution < 1.29 is 0 Å². The van der Waals surface area contributed by atoms with E-state index in [1.165, 1.54) is 29.3 Å². The van der Waals surface area contributed by atoms with Crippen LogP contribution >= 0.6 is 11.6 Å². The summed E-state index contributed by atoms with van der Waals surface area (Å²) in [6.07, 6.45) is 4.59. The molecule has 0 radical (unpaired) electrons. The summed E-state index contributed by atoms with van der Waals surface area (Å²) in [5.41, 5.74) is 2.62. The summed E-state index contributed by atoms with van der Waals surface area (Å²) >= 11 is 6.06. The van der Waals surface area contributed by atoms with Crippen LogP contribution in [-0.4, -0.2) is 18.1 Å². The fourth-order valence-electron chi connectivity index (χ4n) is 2.59. The van der Waals surface area contributed by atoms with E-state index in [0.717, 1.165) is 18.1 Å². The smallest absolute Gasteiger partial charge is 0.0457 e. The molecule has 0 spiro atoms. The standard InChI is InChI=1S/C13H15ClN2/c14-10-1-2-13-11(7-10)12(8-16-13)9-3-5-15-6-4-9/h1-2,7-9,15-16H,3-6H2. The Hall–Kier alpha value is -0.990. The van der Waals surface area contributed by atoms with Crippen LogP contribution in [-0.2, 0) is 0 Å². The lowest BCUT2D eigenvalue weighted by atomic mass is 9.90. The number of hydrogen-bond donors (Lipinski definition) is 2. The molecule has 2 nitrogen and oxygen atoms in total. The minimum absolute atomic E-state index is 0.675. The summed E-state index contributed by atoms with van der Waals surface area (Å²) in [5.74, 6) is 0.675. The molecule has 1 aromatic carbocycles. The van der Waals surface area contributed by atoms with Crippen LogP contribution in [0.3, 0.4) is 0 Å². The minimum Gasteiger partial charge on any atom is -0.361 e. The van der Waals surface area contributed by atoms with Crippen LogP contribution < -0.4 is 5.32 Å². The molecule has 2 heterocycles. The van der Waals surface area contributed by atoms with Gasteiger partial charge in [-0.25, -0.2) is 0 Å². The van der Waals surface area contributed by atoms with Crippen molar-refractivity contribution in [3.8, 4) is 0 Å². The average molecular weight is 235 g/mol. The molecule has 1 aliphatic rings. The highest BCUT2D eigenvalue weighted by atomic mass is 35.5. The summed E-state index contributed by atoms with van der Waals surface area (Å²) in [6.45, 7) is 2.25. The Kier molecular flexibility index (Phi) is 2.62. The lowest BCUT2D eigenvalue weighted by Gasteiger charge is -2.22. The number of hydrogen-bond acceptors (Lipinski definition) is 1. The van der Waals surface area contributed by atoms with Crippen molar-refractivity contribution >= 4 is 22.5 Å². The third kappa shape index (κ3) is 1.72. The number of aromatic amines is 1. The predicted octanol–water partition coefficient (Wildman–Crippen LogP) is 3.29. The molecule has 0 saturated carbocycles. The van der Waals surface area contributed by atoms with Crippen LogP contribution in [0.15, 0.2) is 24.4 Å². The van der Waals surface area contributed by atoms with Gasteiger partial charge in [0.05, 0.1) is 0 Å². The molecule has 0 aliphatic carbocycles. The van der Waals surface area contributed by atoms with E-state index >= 15 is 0 Å². The van der Waals surface area contributed by atoms with E-state index in [-0.39, 0.29) is 0 Å². The molecule has 0 amide bonds. The van der Waals surface area contributed by atoms with Gasteiger partial charge in [0.25, 0.3) is 0 Å². The summed E-state index contributed by atoms with van der Waals surface area (Å²) in [4.78, 5) is 3.33. The Balaban J connectivity index is 2.05. The quantitative estimate of drug-likeness (QED) is 0.779. The number of fused-ring (bicyclic) bond motifs is 1. The molecular formula is C13H15ClN2. The number of aromatic nitrogens is 1. The Morgan fingerprint density at radius 2 is 2.00 bits per heavy atom. The molecular weight excluding hydrogens is 220 g/mol. The maximum atomic E-state index is 6.06. The maximum absolute atomic E-state index is 6.06. The SMILES string of the molecule is Clc1ccc2[nH]cc(C3CCNCC3)c2c1. The lowest BCUT2D eigenvalue weighted by molar-refractivity contribution is 0.462. The number of nitrogens with one attached hydrogen (secondary N) is 2. The third-order valence-corrected chi connectivity index (χ3v) is 3.69. The fraction of sp³-hybridized carbons (Fsp3) is 0.385. The average Bonchev–Trinajstić information content (AvgIpc) is 2.73. The molecule has 16 heavy (non-hydrogen) atoms. The van der Waals surface area contributed by atoms with Crippen molar-refractivity contribution in [1.29, 1.82) is 0 Å². The van der Waals surface area contributed by atoms with Gasteiger partial charge in [-0.3, -0.25) is 0 Å². The van der Waals surface area contributed by atoms with Gasteiger partial charge in [-0.15, -0.1) is 0 Å². The minimum atomic E-state index is 0.675. The Morgan fingerprint density at radius 3 is 2.81 bits per heavy atom. The Labute approximate surface area is 100.0 Å². The maximum Gasteiger partial charge on any atom is 0.0457 e. The predicted molar refractivity (Wildman–Crippen MR) is 68.2 cm³/mol. The largest absolute Gasteiger partial charge is 0.361 e. The van der Waals surface area contributed by atoms with Crippen molar-refractivity contribution in [2.24, 2.45) is 0 Å². The van der Waals surface area contributed by atoms with Crippen molar-refractivity contribution in [2.45, 2.75) is 18.8 Å². The fourth-order valence-corrected chi connectivity index (χ4v) is 2.76. The molecule has 84 valence electrons. The van der Waals surface area contributed by atoms with Crippen LogP contribution in [0, 0.1) is 0 Å². The molecule has 1 fully saturated rings. The summed E-state index contributed by atoms with van der Waals surface area (Å²) in [6, 6.07) is 6.07. The van der Waals surface area contributed by atoms with E-state index in [4.69, 9.17) is 11.6 Å². The van der Waals surface area contributed by atoms with E-state index in [0.29, 0.717) is 5.92 Å². The first-order valence-corrected chi connectivity index (χ1v) is 6.19. The van der Waals surface area contributed by atoms with E-state index < -0.39 is 0 Å². The topological polar surface area (TPSA) is 27.8 Å². The molecule has 2 N–H and O–H groups in total. The zero-order valence-corrected chi connectivity index (χ0v) is 9.85. The second kappa shape index (κ2) is 4.11. The highest BCUT2D eigenvalue weighted by Gasteiger charge is 2.18. The van der Waals surface area contributed by atoms with Gasteiger partial charge in [-0.1, -0.05) is 11.6 Å². The summed E-state index contributed by atoms with van der Waals surface area (Å²) in [7, 11) is 0. The van der Waals surface area contributed by atoms with E-state index in [9.17, 15) is 0 Å². The highest BCUT2D eigenvalue weighted by molar-refractivity contribution is 6.31. The molecule has 2 aromatic rings. The first kappa shape index (κ1) is 10.2. The third-order valence-electron chi connectivity index (χ3n) is 3.45. The van der Waals surface area contributed by atoms with Crippen LogP contribution in [0.5, 0.6) is 0 Å². The van der Waals surface area contributed by atoms with Crippen LogP contribution in [0.25, 0.3) is 10.9 Å². The lowest BCUT2D eigenvalue weighted by Crippen LogP contribution is -2.26. The molecule has 1 saturated heterocycles. The molecule has 1 aromatic heterocycles. The molecule has 0 atom stereocenters. The molecule has 3 rings (SSSR count). The Morgan fingerprint density at radius 1 is 1.19 bits per heavy atom. The second-order valence-electron chi connectivity index (χ2n) is 4.46. The van der Waals surface area contributed by atoms with Gasteiger partial charge in [-0.2, -0.15) is 0 Å². The zero-order valence-electron chi connectivity index (χ0n) is 9.09. The number of benzene rings is 1. The number of piperidine rings is 1.